The molecule has 14 heavy (non-hydrogen) atoms. The summed E-state index contributed by atoms with van der Waals surface area (Å²) in [5, 5.41) is 1.16. The van der Waals surface area contributed by atoms with Crippen LogP contribution in [0, 0.1) is 0 Å². The molecule has 78 valence electrons. The zero-order valence-corrected chi connectivity index (χ0v) is 9.52. The Morgan fingerprint density at radius 1 is 1.50 bits per heavy atom. The fourth-order valence-corrected chi connectivity index (χ4v) is 2.33. The zero-order chi connectivity index (χ0) is 10.2. The number of nitrogens with zero attached hydrogens (tertiary/aromatic N) is 1. The highest BCUT2D eigenvalue weighted by Gasteiger charge is 2.02. The van der Waals surface area contributed by atoms with Crippen molar-refractivity contribution < 1.29 is 0 Å². The van der Waals surface area contributed by atoms with Gasteiger partial charge in [-0.15, -0.1) is 11.8 Å². The maximum Gasteiger partial charge on any atom is 0.0992 e. The third kappa shape index (κ3) is 3.68. The van der Waals surface area contributed by atoms with Crippen LogP contribution >= 0.6 is 11.8 Å². The lowest BCUT2D eigenvalue weighted by Crippen LogP contribution is -2.04. The topological polar surface area (TPSA) is 38.9 Å². The summed E-state index contributed by atoms with van der Waals surface area (Å²) in [6.45, 7) is 2.91. The molecule has 0 bridgehead atoms. The molecule has 0 saturated carbocycles. The average molecular weight is 210 g/mol. The molecule has 0 unspecified atom stereocenters. The third-order valence-corrected chi connectivity index (χ3v) is 3.13. The van der Waals surface area contributed by atoms with E-state index in [-0.39, 0.29) is 0 Å². The van der Waals surface area contributed by atoms with E-state index in [1.165, 1.54) is 18.4 Å². The molecule has 0 aliphatic heterocycles. The van der Waals surface area contributed by atoms with Crippen molar-refractivity contribution in [2.45, 2.75) is 31.2 Å². The van der Waals surface area contributed by atoms with Gasteiger partial charge in [0.15, 0.2) is 0 Å². The Labute approximate surface area is 90.3 Å². The Hall–Kier alpha value is -0.540. The minimum Gasteiger partial charge on any atom is -0.330 e. The molecular weight excluding hydrogens is 192 g/mol. The summed E-state index contributed by atoms with van der Waals surface area (Å²) in [6.07, 6.45) is 5.28. The summed E-state index contributed by atoms with van der Waals surface area (Å²) >= 11 is 1.84. The van der Waals surface area contributed by atoms with Crippen LogP contribution in [0.4, 0.5) is 0 Å². The smallest absolute Gasteiger partial charge is 0.0992 e. The predicted molar refractivity (Wildman–Crippen MR) is 62.6 cm³/mol. The van der Waals surface area contributed by atoms with Crippen LogP contribution in [0.15, 0.2) is 23.4 Å². The Morgan fingerprint density at radius 3 is 3.07 bits per heavy atom. The number of aromatic nitrogens is 1. The van der Waals surface area contributed by atoms with Crippen LogP contribution in [0.2, 0.25) is 0 Å². The van der Waals surface area contributed by atoms with E-state index in [2.05, 4.69) is 18.0 Å². The molecule has 0 amide bonds. The zero-order valence-electron chi connectivity index (χ0n) is 8.70. The lowest BCUT2D eigenvalue weighted by molar-refractivity contribution is 0.885. The molecule has 0 atom stereocenters. The first-order valence-corrected chi connectivity index (χ1v) is 6.13. The molecule has 0 aliphatic rings. The fraction of sp³-hybridized carbons (Fsp3) is 0.545. The summed E-state index contributed by atoms with van der Waals surface area (Å²) in [7, 11) is 0. The van der Waals surface area contributed by atoms with Gasteiger partial charge in [0, 0.05) is 6.20 Å². The normalized spacial score (nSPS) is 10.4. The number of rotatable bonds is 6. The molecule has 0 saturated heterocycles. The van der Waals surface area contributed by atoms with E-state index in [0.29, 0.717) is 6.54 Å². The highest BCUT2D eigenvalue weighted by molar-refractivity contribution is 7.99. The molecule has 2 N–H and O–H groups in total. The molecule has 0 radical (unpaired) electrons. The standard InChI is InChI=1S/C11H18N2S/c1-2-3-9-14-11-10(6-7-12)5-4-8-13-11/h4-5,8H,2-3,6-7,9,12H2,1H3. The molecule has 0 aromatic carbocycles. The SMILES string of the molecule is CCCCSc1ncccc1CCN. The highest BCUT2D eigenvalue weighted by Crippen LogP contribution is 2.21. The summed E-state index contributed by atoms with van der Waals surface area (Å²) in [6, 6.07) is 4.10. The molecule has 0 fully saturated rings. The van der Waals surface area contributed by atoms with E-state index in [1.807, 2.05) is 24.0 Å². The maximum absolute atomic E-state index is 5.55. The minimum atomic E-state index is 0.701. The first-order chi connectivity index (χ1) is 6.88. The largest absolute Gasteiger partial charge is 0.330 e. The van der Waals surface area contributed by atoms with Crippen molar-refractivity contribution in [3.8, 4) is 0 Å². The van der Waals surface area contributed by atoms with Gasteiger partial charge in [0.25, 0.3) is 0 Å². The number of thioether (sulfide) groups is 1. The first-order valence-electron chi connectivity index (χ1n) is 5.15. The Bertz CT molecular complexity index is 263. The van der Waals surface area contributed by atoms with Crippen LogP contribution in [0.25, 0.3) is 0 Å². The maximum atomic E-state index is 5.55. The number of unbranched alkanes of at least 4 members (excludes halogenated alkanes) is 1. The molecule has 0 spiro atoms. The van der Waals surface area contributed by atoms with Crippen LogP contribution in [-0.2, 0) is 6.42 Å². The van der Waals surface area contributed by atoms with Gasteiger partial charge in [-0.25, -0.2) is 4.98 Å². The van der Waals surface area contributed by atoms with Crippen molar-refractivity contribution in [1.29, 1.82) is 0 Å². The highest BCUT2D eigenvalue weighted by atomic mass is 32.2. The summed E-state index contributed by atoms with van der Waals surface area (Å²) in [5.41, 5.74) is 6.84. The van der Waals surface area contributed by atoms with Gasteiger partial charge in [-0.1, -0.05) is 19.4 Å². The van der Waals surface area contributed by atoms with E-state index in [0.717, 1.165) is 17.2 Å². The summed E-state index contributed by atoms with van der Waals surface area (Å²) in [4.78, 5) is 4.38. The Morgan fingerprint density at radius 2 is 2.36 bits per heavy atom. The van der Waals surface area contributed by atoms with Crippen LogP contribution in [0.3, 0.4) is 0 Å². The molecular formula is C11H18N2S. The quantitative estimate of drug-likeness (QED) is 0.579. The van der Waals surface area contributed by atoms with E-state index in [1.54, 1.807) is 0 Å². The molecule has 1 aromatic rings. The molecule has 1 rings (SSSR count). The van der Waals surface area contributed by atoms with Gasteiger partial charge >= 0.3 is 0 Å². The van der Waals surface area contributed by atoms with Crippen LogP contribution in [0.1, 0.15) is 25.3 Å². The number of hydrogen-bond donors (Lipinski definition) is 1. The molecule has 2 nitrogen and oxygen atoms in total. The number of pyridine rings is 1. The third-order valence-electron chi connectivity index (χ3n) is 2.00. The molecule has 1 aromatic heterocycles. The van der Waals surface area contributed by atoms with Gasteiger partial charge in [-0.2, -0.15) is 0 Å². The summed E-state index contributed by atoms with van der Waals surface area (Å²) < 4.78 is 0. The van der Waals surface area contributed by atoms with Gasteiger partial charge in [-0.05, 0) is 36.8 Å². The monoisotopic (exact) mass is 210 g/mol. The minimum absolute atomic E-state index is 0.701. The van der Waals surface area contributed by atoms with Crippen molar-refractivity contribution >= 4 is 11.8 Å². The molecule has 3 heteroatoms. The number of nitrogens with two attached hydrogens (primary N) is 1. The first kappa shape index (κ1) is 11.5. The molecule has 1 heterocycles. The van der Waals surface area contributed by atoms with Crippen LogP contribution < -0.4 is 5.73 Å². The van der Waals surface area contributed by atoms with Crippen molar-refractivity contribution in [2.24, 2.45) is 5.73 Å². The average Bonchev–Trinajstić information content (AvgIpc) is 2.21. The lowest BCUT2D eigenvalue weighted by atomic mass is 10.2. The van der Waals surface area contributed by atoms with Crippen LogP contribution in [0.5, 0.6) is 0 Å². The second-order valence-electron chi connectivity index (χ2n) is 3.21. The van der Waals surface area contributed by atoms with Crippen molar-refractivity contribution in [1.82, 2.24) is 4.98 Å². The summed E-state index contributed by atoms with van der Waals surface area (Å²) in [5.74, 6) is 1.16. The van der Waals surface area contributed by atoms with E-state index in [9.17, 15) is 0 Å². The van der Waals surface area contributed by atoms with Crippen LogP contribution in [-0.4, -0.2) is 17.3 Å². The predicted octanol–water partition coefficient (Wildman–Crippen LogP) is 2.47. The van der Waals surface area contributed by atoms with Gasteiger partial charge in [0.2, 0.25) is 0 Å². The molecule has 0 aliphatic carbocycles. The fourth-order valence-electron chi connectivity index (χ4n) is 1.21. The van der Waals surface area contributed by atoms with Crippen molar-refractivity contribution in [2.75, 3.05) is 12.3 Å². The second kappa shape index (κ2) is 6.85. The number of hydrogen-bond acceptors (Lipinski definition) is 3. The van der Waals surface area contributed by atoms with Crippen molar-refractivity contribution in [3.63, 3.8) is 0 Å². The van der Waals surface area contributed by atoms with Crippen molar-refractivity contribution in [3.05, 3.63) is 23.9 Å². The van der Waals surface area contributed by atoms with Gasteiger partial charge in [0.1, 0.15) is 0 Å². The van der Waals surface area contributed by atoms with E-state index < -0.39 is 0 Å². The lowest BCUT2D eigenvalue weighted by Gasteiger charge is -2.05. The Kier molecular flexibility index (Phi) is 5.64. The van der Waals surface area contributed by atoms with E-state index >= 15 is 0 Å². The van der Waals surface area contributed by atoms with Gasteiger partial charge in [-0.3, -0.25) is 0 Å². The van der Waals surface area contributed by atoms with E-state index in [4.69, 9.17) is 5.73 Å². The van der Waals surface area contributed by atoms with Gasteiger partial charge < -0.3 is 5.73 Å². The Balaban J connectivity index is 2.55. The van der Waals surface area contributed by atoms with Gasteiger partial charge in [0.05, 0.1) is 5.03 Å². The second-order valence-corrected chi connectivity index (χ2v) is 4.29.